The smallest absolute Gasteiger partial charge is 0.243 e. The van der Waals surface area contributed by atoms with Gasteiger partial charge in [-0.2, -0.15) is 0 Å². The van der Waals surface area contributed by atoms with Crippen molar-refractivity contribution in [3.8, 4) is 0 Å². The maximum Gasteiger partial charge on any atom is 0.243 e. The maximum atomic E-state index is 11.1. The van der Waals surface area contributed by atoms with E-state index in [1.165, 1.54) is 30.9 Å². The monoisotopic (exact) mass is 205 g/mol. The molecular formula is C13H19NO. The van der Waals surface area contributed by atoms with E-state index in [1.54, 1.807) is 0 Å². The van der Waals surface area contributed by atoms with Crippen LogP contribution in [0.1, 0.15) is 39.0 Å². The summed E-state index contributed by atoms with van der Waals surface area (Å²) in [5, 5.41) is 2.97. The number of rotatable bonds is 2. The normalized spacial score (nSPS) is 34.2. The van der Waals surface area contributed by atoms with Crippen molar-refractivity contribution in [2.75, 3.05) is 0 Å². The molecule has 82 valence electrons. The van der Waals surface area contributed by atoms with Crippen LogP contribution in [-0.2, 0) is 4.79 Å². The molecule has 0 bridgehead atoms. The number of hydrogen-bond donors (Lipinski definition) is 1. The molecule has 1 spiro atoms. The van der Waals surface area contributed by atoms with Crippen molar-refractivity contribution < 1.29 is 4.79 Å². The highest BCUT2D eigenvalue weighted by molar-refractivity contribution is 5.87. The molecule has 0 aromatic rings. The van der Waals surface area contributed by atoms with E-state index in [2.05, 4.69) is 24.9 Å². The van der Waals surface area contributed by atoms with E-state index < -0.39 is 0 Å². The van der Waals surface area contributed by atoms with Gasteiger partial charge in [0.25, 0.3) is 0 Å². The van der Waals surface area contributed by atoms with Gasteiger partial charge in [0, 0.05) is 6.04 Å². The Morgan fingerprint density at radius 2 is 2.40 bits per heavy atom. The Morgan fingerprint density at radius 3 is 2.93 bits per heavy atom. The molecule has 1 fully saturated rings. The van der Waals surface area contributed by atoms with Crippen LogP contribution in [0.15, 0.2) is 24.3 Å². The fourth-order valence-corrected chi connectivity index (χ4v) is 2.78. The van der Waals surface area contributed by atoms with Crippen molar-refractivity contribution in [1.29, 1.82) is 0 Å². The third kappa shape index (κ3) is 2.14. The molecule has 0 aromatic heterocycles. The Bertz CT molecular complexity index is 310. The van der Waals surface area contributed by atoms with Crippen LogP contribution in [0.4, 0.5) is 0 Å². The van der Waals surface area contributed by atoms with Crippen LogP contribution >= 0.6 is 0 Å². The first kappa shape index (κ1) is 10.5. The lowest BCUT2D eigenvalue weighted by molar-refractivity contribution is -0.118. The Hall–Kier alpha value is -1.05. The Morgan fingerprint density at radius 1 is 1.67 bits per heavy atom. The van der Waals surface area contributed by atoms with Crippen molar-refractivity contribution in [2.45, 2.75) is 45.1 Å². The molecule has 0 radical (unpaired) electrons. The molecule has 0 saturated heterocycles. The van der Waals surface area contributed by atoms with Gasteiger partial charge in [-0.1, -0.05) is 18.2 Å². The first-order valence-electron chi connectivity index (χ1n) is 5.72. The second-order valence-electron chi connectivity index (χ2n) is 5.07. The van der Waals surface area contributed by atoms with Crippen LogP contribution in [-0.4, -0.2) is 11.9 Å². The molecule has 2 aliphatic carbocycles. The highest BCUT2D eigenvalue weighted by Crippen LogP contribution is 2.50. The summed E-state index contributed by atoms with van der Waals surface area (Å²) in [6.45, 7) is 5.68. The van der Waals surface area contributed by atoms with E-state index in [0.717, 1.165) is 12.8 Å². The highest BCUT2D eigenvalue weighted by atomic mass is 16.1. The molecule has 15 heavy (non-hydrogen) atoms. The molecule has 1 amide bonds. The third-order valence-corrected chi connectivity index (χ3v) is 3.82. The molecule has 2 heteroatoms. The third-order valence-electron chi connectivity index (χ3n) is 3.82. The fourth-order valence-electron chi connectivity index (χ4n) is 2.78. The maximum absolute atomic E-state index is 11.1. The molecule has 2 nitrogen and oxygen atoms in total. The summed E-state index contributed by atoms with van der Waals surface area (Å²) in [6.07, 6.45) is 9.77. The van der Waals surface area contributed by atoms with Gasteiger partial charge in [-0.05, 0) is 50.5 Å². The van der Waals surface area contributed by atoms with Gasteiger partial charge in [0.2, 0.25) is 5.91 Å². The van der Waals surface area contributed by atoms with Crippen molar-refractivity contribution in [2.24, 2.45) is 5.41 Å². The predicted octanol–water partition coefficient (Wildman–Crippen LogP) is 2.57. The largest absolute Gasteiger partial charge is 0.350 e. The van der Waals surface area contributed by atoms with Gasteiger partial charge >= 0.3 is 0 Å². The van der Waals surface area contributed by atoms with Gasteiger partial charge in [0.05, 0.1) is 0 Å². The first-order chi connectivity index (χ1) is 7.13. The van der Waals surface area contributed by atoms with Gasteiger partial charge in [-0.15, -0.1) is 0 Å². The number of allylic oxidation sites excluding steroid dienone is 2. The van der Waals surface area contributed by atoms with E-state index >= 15 is 0 Å². The van der Waals surface area contributed by atoms with E-state index in [9.17, 15) is 4.79 Å². The zero-order chi connectivity index (χ0) is 10.9. The van der Waals surface area contributed by atoms with Crippen LogP contribution in [0, 0.1) is 5.41 Å². The van der Waals surface area contributed by atoms with Crippen molar-refractivity contribution in [3.05, 3.63) is 24.3 Å². The Labute approximate surface area is 91.4 Å². The summed E-state index contributed by atoms with van der Waals surface area (Å²) < 4.78 is 0. The topological polar surface area (TPSA) is 29.1 Å². The summed E-state index contributed by atoms with van der Waals surface area (Å²) in [6, 6.07) is 0.391. The number of carbonyl (C=O) groups is 1. The second-order valence-corrected chi connectivity index (χ2v) is 5.07. The van der Waals surface area contributed by atoms with Gasteiger partial charge in [0.15, 0.2) is 0 Å². The lowest BCUT2D eigenvalue weighted by atomic mass is 9.59. The molecule has 0 heterocycles. The Kier molecular flexibility index (Phi) is 2.68. The van der Waals surface area contributed by atoms with Crippen molar-refractivity contribution in [1.82, 2.24) is 5.32 Å². The minimum Gasteiger partial charge on any atom is -0.350 e. The number of amides is 1. The lowest BCUT2D eigenvalue weighted by Gasteiger charge is -2.49. The van der Waals surface area contributed by atoms with Crippen LogP contribution in [0.2, 0.25) is 0 Å². The summed E-state index contributed by atoms with van der Waals surface area (Å²) >= 11 is 0. The SMILES string of the molecule is C=CC(=O)NC1CC2(CC=C(C)CC2)C1. The molecule has 0 aliphatic heterocycles. The van der Waals surface area contributed by atoms with Gasteiger partial charge < -0.3 is 5.32 Å². The number of hydrogen-bond acceptors (Lipinski definition) is 1. The first-order valence-corrected chi connectivity index (χ1v) is 5.72. The van der Waals surface area contributed by atoms with Gasteiger partial charge in [-0.3, -0.25) is 4.79 Å². The van der Waals surface area contributed by atoms with Crippen molar-refractivity contribution >= 4 is 5.91 Å². The predicted molar refractivity (Wildman–Crippen MR) is 61.4 cm³/mol. The summed E-state index contributed by atoms with van der Waals surface area (Å²) in [5.41, 5.74) is 2.04. The number of nitrogens with one attached hydrogen (secondary N) is 1. The minimum atomic E-state index is -0.0302. The van der Waals surface area contributed by atoms with Crippen molar-refractivity contribution in [3.63, 3.8) is 0 Å². The molecule has 0 atom stereocenters. The lowest BCUT2D eigenvalue weighted by Crippen LogP contribution is -2.50. The minimum absolute atomic E-state index is 0.0302. The number of carbonyl (C=O) groups excluding carboxylic acids is 1. The molecular weight excluding hydrogens is 186 g/mol. The van der Waals surface area contributed by atoms with E-state index in [1.807, 2.05) is 0 Å². The average molecular weight is 205 g/mol. The van der Waals surface area contributed by atoms with Crippen LogP contribution in [0.25, 0.3) is 0 Å². The van der Waals surface area contributed by atoms with E-state index in [-0.39, 0.29) is 5.91 Å². The second kappa shape index (κ2) is 3.84. The van der Waals surface area contributed by atoms with Gasteiger partial charge in [0.1, 0.15) is 0 Å². The Balaban J connectivity index is 1.82. The quantitative estimate of drug-likeness (QED) is 0.545. The van der Waals surface area contributed by atoms with E-state index in [4.69, 9.17) is 0 Å². The summed E-state index contributed by atoms with van der Waals surface area (Å²) in [4.78, 5) is 11.1. The van der Waals surface area contributed by atoms with Crippen LogP contribution in [0.3, 0.4) is 0 Å². The van der Waals surface area contributed by atoms with Crippen LogP contribution < -0.4 is 5.32 Å². The van der Waals surface area contributed by atoms with Crippen LogP contribution in [0.5, 0.6) is 0 Å². The average Bonchev–Trinajstić information content (AvgIpc) is 2.19. The fraction of sp³-hybridized carbons (Fsp3) is 0.615. The zero-order valence-corrected chi connectivity index (χ0v) is 9.38. The summed E-state index contributed by atoms with van der Waals surface area (Å²) in [5.74, 6) is -0.0302. The zero-order valence-electron chi connectivity index (χ0n) is 9.38. The molecule has 2 rings (SSSR count). The highest BCUT2D eigenvalue weighted by Gasteiger charge is 2.44. The molecule has 2 aliphatic rings. The molecule has 1 saturated carbocycles. The molecule has 0 unspecified atom stereocenters. The summed E-state index contributed by atoms with van der Waals surface area (Å²) in [7, 11) is 0. The molecule has 1 N–H and O–H groups in total. The van der Waals surface area contributed by atoms with Gasteiger partial charge in [-0.25, -0.2) is 0 Å². The molecule has 0 aromatic carbocycles. The standard InChI is InChI=1S/C13H19NO/c1-3-12(15)14-11-8-13(9-11)6-4-10(2)5-7-13/h3-4,11H,1,5-9H2,2H3,(H,14,15). The van der Waals surface area contributed by atoms with E-state index in [0.29, 0.717) is 11.5 Å².